The Balaban J connectivity index is 2.53. The van der Waals surface area contributed by atoms with Gasteiger partial charge in [-0.15, -0.1) is 0 Å². The van der Waals surface area contributed by atoms with Crippen LogP contribution in [0, 0.1) is 0 Å². The van der Waals surface area contributed by atoms with Crippen molar-refractivity contribution in [3.63, 3.8) is 0 Å². The lowest BCUT2D eigenvalue weighted by atomic mass is 10.3. The molecule has 0 radical (unpaired) electrons. The molecular weight excluding hydrogens is 280 g/mol. The lowest BCUT2D eigenvalue weighted by Crippen LogP contribution is -2.27. The number of hydrogen-bond acceptors (Lipinski definition) is 7. The first-order chi connectivity index (χ1) is 9.92. The number of esters is 3. The van der Waals surface area contributed by atoms with E-state index in [-0.39, 0.29) is 11.5 Å². The number of carbonyl (C=O) groups excluding carboxylic acids is 3. The molecule has 0 bridgehead atoms. The second kappa shape index (κ2) is 7.68. The first-order valence-corrected chi connectivity index (χ1v) is 5.89. The summed E-state index contributed by atoms with van der Waals surface area (Å²) < 4.78 is 13.9. The molecule has 0 heterocycles. The number of hydrogen-bond donors (Lipinski definition) is 1. The van der Waals surface area contributed by atoms with Crippen LogP contribution in [0.5, 0.6) is 11.5 Å². The second-order valence-electron chi connectivity index (χ2n) is 3.85. The molecule has 0 saturated carbocycles. The van der Waals surface area contributed by atoms with Crippen molar-refractivity contribution in [3.8, 4) is 11.5 Å². The summed E-state index contributed by atoms with van der Waals surface area (Å²) in [6.07, 6.45) is 0.529. The van der Waals surface area contributed by atoms with E-state index in [1.165, 1.54) is 31.2 Å². The van der Waals surface area contributed by atoms with Gasteiger partial charge in [-0.1, -0.05) is 6.07 Å². The van der Waals surface area contributed by atoms with Crippen LogP contribution in [0.3, 0.4) is 0 Å². The molecule has 1 unspecified atom stereocenters. The van der Waals surface area contributed by atoms with Gasteiger partial charge >= 0.3 is 17.9 Å². The number of benzene rings is 1. The van der Waals surface area contributed by atoms with E-state index < -0.39 is 24.0 Å². The van der Waals surface area contributed by atoms with Crippen LogP contribution in [0.25, 0.3) is 0 Å². The number of carbonyl (C=O) groups is 3. The van der Waals surface area contributed by atoms with Crippen molar-refractivity contribution in [2.45, 2.75) is 13.0 Å². The van der Waals surface area contributed by atoms with Crippen LogP contribution < -0.4 is 4.74 Å². The van der Waals surface area contributed by atoms with Crippen LogP contribution in [-0.4, -0.2) is 36.2 Å². The lowest BCUT2D eigenvalue weighted by molar-refractivity contribution is -0.157. The van der Waals surface area contributed by atoms with Crippen molar-refractivity contribution in [1.82, 2.24) is 0 Å². The van der Waals surface area contributed by atoms with Gasteiger partial charge in [0.1, 0.15) is 11.5 Å². The van der Waals surface area contributed by atoms with E-state index in [0.717, 1.165) is 19.3 Å². The van der Waals surface area contributed by atoms with Crippen molar-refractivity contribution < 1.29 is 33.7 Å². The maximum atomic E-state index is 11.7. The molecule has 1 aromatic rings. The number of phenolic OH excluding ortho intramolecular Hbond substituents is 1. The molecule has 0 spiro atoms. The largest absolute Gasteiger partial charge is 0.508 e. The highest BCUT2D eigenvalue weighted by atomic mass is 16.6. The number of ether oxygens (including phenoxy) is 3. The highest BCUT2D eigenvalue weighted by Crippen LogP contribution is 2.18. The van der Waals surface area contributed by atoms with Crippen LogP contribution in [-0.2, 0) is 23.9 Å². The van der Waals surface area contributed by atoms with E-state index in [4.69, 9.17) is 9.47 Å². The maximum Gasteiger partial charge on any atom is 0.352 e. The highest BCUT2D eigenvalue weighted by molar-refractivity contribution is 5.92. The molecule has 7 heteroatoms. The molecule has 7 nitrogen and oxygen atoms in total. The summed E-state index contributed by atoms with van der Waals surface area (Å²) in [4.78, 5) is 33.8. The van der Waals surface area contributed by atoms with E-state index >= 15 is 0 Å². The van der Waals surface area contributed by atoms with E-state index in [1.807, 2.05) is 0 Å². The van der Waals surface area contributed by atoms with Crippen molar-refractivity contribution in [1.29, 1.82) is 0 Å². The molecule has 0 amide bonds. The normalized spacial score (nSPS) is 11.7. The van der Waals surface area contributed by atoms with Crippen LogP contribution in [0.4, 0.5) is 0 Å². The van der Waals surface area contributed by atoms with E-state index in [2.05, 4.69) is 4.74 Å². The monoisotopic (exact) mass is 294 g/mol. The van der Waals surface area contributed by atoms with E-state index in [0.29, 0.717) is 0 Å². The second-order valence-corrected chi connectivity index (χ2v) is 3.85. The fraction of sp³-hybridized carbons (Fsp3) is 0.214. The van der Waals surface area contributed by atoms with E-state index in [9.17, 15) is 19.5 Å². The quantitative estimate of drug-likeness (QED) is 0.490. The topological polar surface area (TPSA) is 99.1 Å². The van der Waals surface area contributed by atoms with Crippen molar-refractivity contribution in [2.24, 2.45) is 0 Å². The molecule has 1 aromatic carbocycles. The molecule has 0 saturated heterocycles. The smallest absolute Gasteiger partial charge is 0.352 e. The first-order valence-electron chi connectivity index (χ1n) is 5.89. The van der Waals surface area contributed by atoms with Crippen molar-refractivity contribution in [3.05, 3.63) is 36.4 Å². The van der Waals surface area contributed by atoms with Gasteiger partial charge < -0.3 is 19.3 Å². The molecule has 0 aliphatic carbocycles. The third-order valence-electron chi connectivity index (χ3n) is 2.22. The minimum atomic E-state index is -1.18. The van der Waals surface area contributed by atoms with Gasteiger partial charge in [0.05, 0.1) is 7.11 Å². The fourth-order valence-electron chi connectivity index (χ4n) is 1.21. The summed E-state index contributed by atoms with van der Waals surface area (Å²) in [6, 6.07) is 5.61. The van der Waals surface area contributed by atoms with Crippen LogP contribution >= 0.6 is 0 Å². The van der Waals surface area contributed by atoms with Gasteiger partial charge in [-0.3, -0.25) is 0 Å². The van der Waals surface area contributed by atoms with Crippen LogP contribution in [0.15, 0.2) is 36.4 Å². The van der Waals surface area contributed by atoms with Gasteiger partial charge in [0.25, 0.3) is 0 Å². The lowest BCUT2D eigenvalue weighted by Gasteiger charge is -2.11. The van der Waals surface area contributed by atoms with Crippen LogP contribution in [0.1, 0.15) is 6.92 Å². The Bertz CT molecular complexity index is 562. The third-order valence-corrected chi connectivity index (χ3v) is 2.22. The number of aromatic hydroxyl groups is 1. The van der Waals surface area contributed by atoms with Gasteiger partial charge in [-0.25, -0.2) is 14.4 Å². The molecule has 1 N–H and O–H groups in total. The van der Waals surface area contributed by atoms with Crippen molar-refractivity contribution >= 4 is 17.9 Å². The number of phenols is 1. The van der Waals surface area contributed by atoms with Gasteiger partial charge in [0, 0.05) is 18.2 Å². The summed E-state index contributed by atoms with van der Waals surface area (Å²) in [7, 11) is 1.16. The highest BCUT2D eigenvalue weighted by Gasteiger charge is 2.19. The molecule has 21 heavy (non-hydrogen) atoms. The zero-order valence-corrected chi connectivity index (χ0v) is 11.4. The predicted molar refractivity (Wildman–Crippen MR) is 70.5 cm³/mol. The summed E-state index contributed by atoms with van der Waals surface area (Å²) >= 11 is 0. The van der Waals surface area contributed by atoms with Gasteiger partial charge in [-0.05, 0) is 19.1 Å². The zero-order valence-electron chi connectivity index (χ0n) is 11.4. The van der Waals surface area contributed by atoms with Gasteiger partial charge in [0.15, 0.2) is 6.10 Å². The average Bonchev–Trinajstić information content (AvgIpc) is 2.44. The molecule has 1 rings (SSSR count). The minimum Gasteiger partial charge on any atom is -0.508 e. The summed E-state index contributed by atoms with van der Waals surface area (Å²) in [5.74, 6) is -2.37. The maximum absolute atomic E-state index is 11.7. The summed E-state index contributed by atoms with van der Waals surface area (Å²) in [5, 5.41) is 9.23. The van der Waals surface area contributed by atoms with E-state index in [1.54, 1.807) is 0 Å². The Morgan fingerprint density at radius 2 is 1.86 bits per heavy atom. The predicted octanol–water partition coefficient (Wildman–Crippen LogP) is 0.958. The summed E-state index contributed by atoms with van der Waals surface area (Å²) in [6.45, 7) is 1.31. The Hall–Kier alpha value is -2.83. The SMILES string of the molecule is COC(=O)/C=C\C(=O)OC(C)C(=O)Oc1cccc(O)c1. The Labute approximate surface area is 120 Å². The average molecular weight is 294 g/mol. The third kappa shape index (κ3) is 5.77. The van der Waals surface area contributed by atoms with Gasteiger partial charge in [-0.2, -0.15) is 0 Å². The zero-order chi connectivity index (χ0) is 15.8. The summed E-state index contributed by atoms with van der Waals surface area (Å²) in [5.41, 5.74) is 0. The standard InChI is InChI=1S/C14H14O7/c1-9(20-13(17)7-6-12(16)19-2)14(18)21-11-5-3-4-10(15)8-11/h3-9,15H,1-2H3/b7-6-. The molecular formula is C14H14O7. The molecule has 0 aliphatic rings. The molecule has 0 aromatic heterocycles. The Morgan fingerprint density at radius 3 is 2.48 bits per heavy atom. The molecule has 1 atom stereocenters. The molecule has 112 valence electrons. The Morgan fingerprint density at radius 1 is 1.19 bits per heavy atom. The Kier molecular flexibility index (Phi) is 5.94. The number of rotatable bonds is 5. The van der Waals surface area contributed by atoms with Crippen molar-refractivity contribution in [2.75, 3.05) is 7.11 Å². The first kappa shape index (κ1) is 16.2. The molecule has 0 aliphatic heterocycles. The van der Waals surface area contributed by atoms with Gasteiger partial charge in [0.2, 0.25) is 0 Å². The molecule has 0 fully saturated rings. The fourth-order valence-corrected chi connectivity index (χ4v) is 1.21. The number of methoxy groups -OCH3 is 1. The van der Waals surface area contributed by atoms with Crippen LogP contribution in [0.2, 0.25) is 0 Å². The minimum absolute atomic E-state index is 0.0639.